The molecule has 0 aromatic heterocycles. The van der Waals surface area contributed by atoms with Gasteiger partial charge in [0.05, 0.1) is 12.4 Å². The van der Waals surface area contributed by atoms with Gasteiger partial charge in [0.1, 0.15) is 5.75 Å². The summed E-state index contributed by atoms with van der Waals surface area (Å²) in [5.41, 5.74) is 5.73. The largest absolute Gasteiger partial charge is 0.497 e. The van der Waals surface area contributed by atoms with Crippen molar-refractivity contribution in [2.45, 2.75) is 36.0 Å². The zero-order valence-corrected chi connectivity index (χ0v) is 12.9. The van der Waals surface area contributed by atoms with Crippen LogP contribution < -0.4 is 10.5 Å². The lowest BCUT2D eigenvalue weighted by Gasteiger charge is -2.26. The van der Waals surface area contributed by atoms with E-state index in [9.17, 15) is 4.79 Å². The number of nitrogens with two attached hydrogens (primary N) is 1. The molecule has 1 amide bonds. The Kier molecular flexibility index (Phi) is 5.31. The van der Waals surface area contributed by atoms with E-state index in [0.29, 0.717) is 6.54 Å². The van der Waals surface area contributed by atoms with E-state index in [1.54, 1.807) is 18.9 Å². The van der Waals surface area contributed by atoms with Crippen molar-refractivity contribution >= 4 is 17.7 Å². The lowest BCUT2D eigenvalue weighted by atomic mass is 10.2. The molecule has 1 aromatic carbocycles. The van der Waals surface area contributed by atoms with E-state index in [0.717, 1.165) is 30.0 Å². The van der Waals surface area contributed by atoms with Crippen molar-refractivity contribution in [3.05, 3.63) is 24.3 Å². The third-order valence-corrected chi connectivity index (χ3v) is 4.75. The summed E-state index contributed by atoms with van der Waals surface area (Å²) in [5.74, 6) is 1.02. The van der Waals surface area contributed by atoms with Crippen LogP contribution in [0.5, 0.6) is 5.75 Å². The highest BCUT2D eigenvalue weighted by atomic mass is 32.2. The molecular formula is C15H22N2O2S. The van der Waals surface area contributed by atoms with Crippen molar-refractivity contribution in [1.29, 1.82) is 0 Å². The second kappa shape index (κ2) is 6.99. The topological polar surface area (TPSA) is 55.6 Å². The molecule has 0 bridgehead atoms. The Morgan fingerprint density at radius 3 is 2.80 bits per heavy atom. The molecule has 1 aliphatic rings. The predicted octanol–water partition coefficient (Wildman–Crippen LogP) is 2.13. The van der Waals surface area contributed by atoms with Crippen molar-refractivity contribution in [3.8, 4) is 5.75 Å². The van der Waals surface area contributed by atoms with E-state index in [1.807, 2.05) is 36.1 Å². The molecule has 1 aliphatic heterocycles. The average Bonchev–Trinajstić information content (AvgIpc) is 2.95. The molecule has 1 saturated heterocycles. The molecule has 2 atom stereocenters. The smallest absolute Gasteiger partial charge is 0.236 e. The molecule has 0 spiro atoms. The number of amides is 1. The summed E-state index contributed by atoms with van der Waals surface area (Å²) in [7, 11) is 1.65. The first-order valence-electron chi connectivity index (χ1n) is 6.97. The van der Waals surface area contributed by atoms with E-state index in [-0.39, 0.29) is 17.2 Å². The van der Waals surface area contributed by atoms with Gasteiger partial charge in [-0.3, -0.25) is 4.79 Å². The first-order valence-corrected chi connectivity index (χ1v) is 7.85. The maximum Gasteiger partial charge on any atom is 0.236 e. The fraction of sp³-hybridized carbons (Fsp3) is 0.533. The van der Waals surface area contributed by atoms with Crippen LogP contribution >= 0.6 is 11.8 Å². The van der Waals surface area contributed by atoms with E-state index in [4.69, 9.17) is 10.5 Å². The number of hydrogen-bond acceptors (Lipinski definition) is 4. The second-order valence-corrected chi connectivity index (χ2v) is 6.41. The van der Waals surface area contributed by atoms with Crippen LogP contribution in [0.1, 0.15) is 19.8 Å². The number of nitrogens with zero attached hydrogens (tertiary/aromatic N) is 1. The van der Waals surface area contributed by atoms with Crippen molar-refractivity contribution in [2.75, 3.05) is 20.2 Å². The zero-order chi connectivity index (χ0) is 14.5. The number of carbonyl (C=O) groups is 1. The summed E-state index contributed by atoms with van der Waals surface area (Å²) in [6.07, 6.45) is 2.09. The lowest BCUT2D eigenvalue weighted by molar-refractivity contribution is -0.130. The molecule has 0 radical (unpaired) electrons. The number of ether oxygens (including phenoxy) is 1. The number of methoxy groups -OCH3 is 1. The minimum atomic E-state index is -0.0875. The Morgan fingerprint density at radius 1 is 1.50 bits per heavy atom. The van der Waals surface area contributed by atoms with Crippen LogP contribution in [0.15, 0.2) is 29.2 Å². The highest BCUT2D eigenvalue weighted by Crippen LogP contribution is 2.28. The summed E-state index contributed by atoms with van der Waals surface area (Å²) in [6, 6.07) is 8.02. The Labute approximate surface area is 124 Å². The standard InChI is InChI=1S/C15H22N2O2S/c1-11(15(18)17-9-3-4-12(17)10-16)20-14-7-5-13(19-2)6-8-14/h5-8,11-12H,3-4,9-10,16H2,1-2H3. The van der Waals surface area contributed by atoms with Gasteiger partial charge in [0.25, 0.3) is 0 Å². The van der Waals surface area contributed by atoms with Gasteiger partial charge < -0.3 is 15.4 Å². The quantitative estimate of drug-likeness (QED) is 0.845. The molecule has 1 aromatic rings. The van der Waals surface area contributed by atoms with Gasteiger partial charge in [0.2, 0.25) is 5.91 Å². The molecular weight excluding hydrogens is 272 g/mol. The minimum Gasteiger partial charge on any atom is -0.497 e. The van der Waals surface area contributed by atoms with Crippen LogP contribution in [-0.2, 0) is 4.79 Å². The van der Waals surface area contributed by atoms with E-state index < -0.39 is 0 Å². The summed E-state index contributed by atoms with van der Waals surface area (Å²) in [4.78, 5) is 15.5. The molecule has 2 unspecified atom stereocenters. The molecule has 1 heterocycles. The highest BCUT2D eigenvalue weighted by Gasteiger charge is 2.30. The Hall–Kier alpha value is -1.20. The van der Waals surface area contributed by atoms with Gasteiger partial charge in [0, 0.05) is 24.0 Å². The van der Waals surface area contributed by atoms with Crippen molar-refractivity contribution in [2.24, 2.45) is 5.73 Å². The van der Waals surface area contributed by atoms with Crippen molar-refractivity contribution in [1.82, 2.24) is 4.90 Å². The van der Waals surface area contributed by atoms with Gasteiger partial charge in [-0.05, 0) is 44.0 Å². The monoisotopic (exact) mass is 294 g/mol. The number of hydrogen-bond donors (Lipinski definition) is 1. The summed E-state index contributed by atoms with van der Waals surface area (Å²) < 4.78 is 5.13. The molecule has 2 N–H and O–H groups in total. The minimum absolute atomic E-state index is 0.0875. The maximum atomic E-state index is 12.5. The van der Waals surface area contributed by atoms with Crippen LogP contribution in [0, 0.1) is 0 Å². The summed E-state index contributed by atoms with van der Waals surface area (Å²) >= 11 is 1.58. The lowest BCUT2D eigenvalue weighted by Crippen LogP contribution is -2.43. The van der Waals surface area contributed by atoms with Crippen LogP contribution in [0.2, 0.25) is 0 Å². The van der Waals surface area contributed by atoms with Crippen molar-refractivity contribution in [3.63, 3.8) is 0 Å². The fourth-order valence-corrected chi connectivity index (χ4v) is 3.45. The Morgan fingerprint density at radius 2 is 2.20 bits per heavy atom. The normalized spacial score (nSPS) is 19.9. The van der Waals surface area contributed by atoms with Crippen LogP contribution in [0.3, 0.4) is 0 Å². The SMILES string of the molecule is COc1ccc(SC(C)C(=O)N2CCCC2CN)cc1. The molecule has 20 heavy (non-hydrogen) atoms. The maximum absolute atomic E-state index is 12.5. The van der Waals surface area contributed by atoms with E-state index >= 15 is 0 Å². The number of thioether (sulfide) groups is 1. The number of benzene rings is 1. The molecule has 0 aliphatic carbocycles. The van der Waals surface area contributed by atoms with Gasteiger partial charge in [0.15, 0.2) is 0 Å². The third-order valence-electron chi connectivity index (χ3n) is 3.65. The van der Waals surface area contributed by atoms with Gasteiger partial charge >= 0.3 is 0 Å². The van der Waals surface area contributed by atoms with E-state index in [1.165, 1.54) is 0 Å². The molecule has 4 nitrogen and oxygen atoms in total. The fourth-order valence-electron chi connectivity index (χ4n) is 2.51. The summed E-state index contributed by atoms with van der Waals surface area (Å²) in [5, 5.41) is -0.0875. The van der Waals surface area contributed by atoms with Gasteiger partial charge in [-0.2, -0.15) is 0 Å². The van der Waals surface area contributed by atoms with Gasteiger partial charge in [-0.15, -0.1) is 11.8 Å². The Bertz CT molecular complexity index is 450. The zero-order valence-electron chi connectivity index (χ0n) is 12.0. The molecule has 2 rings (SSSR count). The van der Waals surface area contributed by atoms with Gasteiger partial charge in [-0.25, -0.2) is 0 Å². The second-order valence-electron chi connectivity index (χ2n) is 5.00. The molecule has 1 fully saturated rings. The average molecular weight is 294 g/mol. The summed E-state index contributed by atoms with van der Waals surface area (Å²) in [6.45, 7) is 3.36. The highest BCUT2D eigenvalue weighted by molar-refractivity contribution is 8.00. The number of rotatable bonds is 5. The third kappa shape index (κ3) is 3.46. The van der Waals surface area contributed by atoms with Crippen LogP contribution in [0.4, 0.5) is 0 Å². The van der Waals surface area contributed by atoms with Crippen LogP contribution in [0.25, 0.3) is 0 Å². The molecule has 5 heteroatoms. The van der Waals surface area contributed by atoms with Gasteiger partial charge in [-0.1, -0.05) is 0 Å². The van der Waals surface area contributed by atoms with E-state index in [2.05, 4.69) is 0 Å². The van der Waals surface area contributed by atoms with Crippen LogP contribution in [-0.4, -0.2) is 42.3 Å². The first kappa shape index (κ1) is 15.2. The van der Waals surface area contributed by atoms with Crippen molar-refractivity contribution < 1.29 is 9.53 Å². The molecule has 110 valence electrons. The Balaban J connectivity index is 1.96. The first-order chi connectivity index (χ1) is 9.65. The molecule has 0 saturated carbocycles. The number of carbonyl (C=O) groups excluding carboxylic acids is 1. The predicted molar refractivity (Wildman–Crippen MR) is 82.1 cm³/mol. The number of likely N-dealkylation sites (tertiary alicyclic amines) is 1.